The van der Waals surface area contributed by atoms with Gasteiger partial charge in [-0.3, -0.25) is 9.59 Å². The van der Waals surface area contributed by atoms with Gasteiger partial charge in [-0.1, -0.05) is 25.5 Å². The summed E-state index contributed by atoms with van der Waals surface area (Å²) in [5.74, 6) is 0.108. The molecule has 0 heterocycles. The number of rotatable bonds is 2. The van der Waals surface area contributed by atoms with Gasteiger partial charge in [0.1, 0.15) is 0 Å². The van der Waals surface area contributed by atoms with Crippen LogP contribution >= 0.6 is 0 Å². The van der Waals surface area contributed by atoms with Crippen molar-refractivity contribution in [2.45, 2.75) is 33.6 Å². The van der Waals surface area contributed by atoms with Gasteiger partial charge in [-0.15, -0.1) is 0 Å². The monoisotopic (exact) mass is 248 g/mol. The van der Waals surface area contributed by atoms with Crippen LogP contribution in [0.5, 0.6) is 0 Å². The van der Waals surface area contributed by atoms with Gasteiger partial charge in [0, 0.05) is 17.4 Å². The first-order chi connectivity index (χ1) is 8.48. The van der Waals surface area contributed by atoms with E-state index in [1.54, 1.807) is 0 Å². The molecule has 0 amide bonds. The van der Waals surface area contributed by atoms with Gasteiger partial charge in [0.25, 0.3) is 0 Å². The average Bonchev–Trinajstić information content (AvgIpc) is 2.37. The maximum atomic E-state index is 12.5. The summed E-state index contributed by atoms with van der Waals surface area (Å²) >= 11 is 0. The van der Waals surface area contributed by atoms with Crippen molar-refractivity contribution in [3.63, 3.8) is 0 Å². The number of fused-ring (bicyclic) bond motifs is 1. The van der Waals surface area contributed by atoms with Crippen molar-refractivity contribution in [1.29, 1.82) is 0 Å². The lowest BCUT2D eigenvalue weighted by atomic mass is 9.54. The molecule has 0 aromatic carbocycles. The molecular weight excluding hydrogens is 228 g/mol. The van der Waals surface area contributed by atoms with Crippen LogP contribution in [-0.2, 0) is 14.3 Å². The molecule has 0 aromatic rings. The van der Waals surface area contributed by atoms with Crippen LogP contribution in [0.2, 0.25) is 0 Å². The molecule has 18 heavy (non-hydrogen) atoms. The van der Waals surface area contributed by atoms with E-state index in [0.717, 1.165) is 0 Å². The SMILES string of the molecule is CCC12C(=O)C=C(OC)C(=O)C1CC=C(C)C2C. The smallest absolute Gasteiger partial charge is 0.201 e. The van der Waals surface area contributed by atoms with Gasteiger partial charge in [-0.2, -0.15) is 0 Å². The molecule has 0 fully saturated rings. The van der Waals surface area contributed by atoms with Gasteiger partial charge in [-0.25, -0.2) is 0 Å². The van der Waals surface area contributed by atoms with Crippen LogP contribution in [0.4, 0.5) is 0 Å². The van der Waals surface area contributed by atoms with Crippen LogP contribution in [0.3, 0.4) is 0 Å². The highest BCUT2D eigenvalue weighted by molar-refractivity contribution is 6.12. The third-order valence-corrected chi connectivity index (χ3v) is 4.84. The number of methoxy groups -OCH3 is 1. The van der Waals surface area contributed by atoms with Crippen molar-refractivity contribution in [2.75, 3.05) is 7.11 Å². The summed E-state index contributed by atoms with van der Waals surface area (Å²) < 4.78 is 5.04. The lowest BCUT2D eigenvalue weighted by Crippen LogP contribution is -2.51. The molecule has 0 N–H and O–H groups in total. The molecule has 0 saturated heterocycles. The normalized spacial score (nSPS) is 35.8. The molecule has 0 bridgehead atoms. The second-order valence-electron chi connectivity index (χ2n) is 5.29. The van der Waals surface area contributed by atoms with Crippen molar-refractivity contribution in [2.24, 2.45) is 17.3 Å². The molecule has 3 atom stereocenters. The van der Waals surface area contributed by atoms with E-state index in [9.17, 15) is 9.59 Å². The highest BCUT2D eigenvalue weighted by atomic mass is 16.5. The van der Waals surface area contributed by atoms with E-state index in [1.165, 1.54) is 18.8 Å². The van der Waals surface area contributed by atoms with Gasteiger partial charge < -0.3 is 4.74 Å². The van der Waals surface area contributed by atoms with Crippen molar-refractivity contribution in [3.05, 3.63) is 23.5 Å². The van der Waals surface area contributed by atoms with Crippen LogP contribution in [0.15, 0.2) is 23.5 Å². The number of Topliss-reactive ketones (excluding diaryl/α,β-unsaturated/α-hetero) is 1. The Morgan fingerprint density at radius 3 is 2.67 bits per heavy atom. The molecule has 98 valence electrons. The number of allylic oxidation sites excluding steroid dienone is 4. The van der Waals surface area contributed by atoms with Crippen molar-refractivity contribution >= 4 is 11.6 Å². The molecule has 3 unspecified atom stereocenters. The second kappa shape index (κ2) is 4.38. The minimum Gasteiger partial charge on any atom is -0.493 e. The third-order valence-electron chi connectivity index (χ3n) is 4.84. The maximum Gasteiger partial charge on any atom is 0.201 e. The molecule has 2 aliphatic carbocycles. The summed E-state index contributed by atoms with van der Waals surface area (Å²) in [5, 5.41) is 0. The van der Waals surface area contributed by atoms with Gasteiger partial charge in [0.15, 0.2) is 11.5 Å². The van der Waals surface area contributed by atoms with E-state index in [1.807, 2.05) is 13.8 Å². The van der Waals surface area contributed by atoms with Crippen LogP contribution in [-0.4, -0.2) is 18.7 Å². The van der Waals surface area contributed by atoms with Crippen LogP contribution < -0.4 is 0 Å². The highest BCUT2D eigenvalue weighted by Gasteiger charge is 2.55. The number of ether oxygens (including phenoxy) is 1. The zero-order valence-electron chi connectivity index (χ0n) is 11.4. The van der Waals surface area contributed by atoms with Crippen LogP contribution in [0.1, 0.15) is 33.6 Å². The molecule has 0 spiro atoms. The molecule has 2 rings (SSSR count). The molecule has 2 aliphatic rings. The minimum atomic E-state index is -0.558. The third kappa shape index (κ3) is 1.49. The average molecular weight is 248 g/mol. The van der Waals surface area contributed by atoms with Crippen molar-refractivity contribution < 1.29 is 14.3 Å². The number of hydrogen-bond donors (Lipinski definition) is 0. The van der Waals surface area contributed by atoms with E-state index in [4.69, 9.17) is 4.74 Å². The first-order valence-electron chi connectivity index (χ1n) is 6.50. The van der Waals surface area contributed by atoms with Crippen molar-refractivity contribution in [3.8, 4) is 0 Å². The van der Waals surface area contributed by atoms with Gasteiger partial charge in [0.2, 0.25) is 5.78 Å². The Kier molecular flexibility index (Phi) is 3.18. The number of carbonyl (C=O) groups is 2. The standard InChI is InChI=1S/C15H20O3/c1-5-15-10(3)9(2)6-7-11(15)14(17)12(18-4)8-13(15)16/h6,8,10-11H,5,7H2,1-4H3. The minimum absolute atomic E-state index is 0.0189. The molecule has 3 nitrogen and oxygen atoms in total. The second-order valence-corrected chi connectivity index (χ2v) is 5.29. The number of hydrogen-bond acceptors (Lipinski definition) is 3. The lowest BCUT2D eigenvalue weighted by molar-refractivity contribution is -0.143. The molecule has 0 aromatic heterocycles. The van der Waals surface area contributed by atoms with E-state index in [2.05, 4.69) is 13.0 Å². The Bertz CT molecular complexity index is 458. The summed E-state index contributed by atoms with van der Waals surface area (Å²) in [6.45, 7) is 6.10. The van der Waals surface area contributed by atoms with Crippen molar-refractivity contribution in [1.82, 2.24) is 0 Å². The van der Waals surface area contributed by atoms with Gasteiger partial charge >= 0.3 is 0 Å². The zero-order valence-corrected chi connectivity index (χ0v) is 11.4. The summed E-state index contributed by atoms with van der Waals surface area (Å²) in [6, 6.07) is 0. The topological polar surface area (TPSA) is 43.4 Å². The summed E-state index contributed by atoms with van der Waals surface area (Å²) in [7, 11) is 1.45. The largest absolute Gasteiger partial charge is 0.493 e. The first-order valence-corrected chi connectivity index (χ1v) is 6.50. The molecule has 0 aliphatic heterocycles. The van der Waals surface area contributed by atoms with E-state index in [0.29, 0.717) is 12.8 Å². The van der Waals surface area contributed by atoms with Crippen LogP contribution in [0, 0.1) is 17.3 Å². The number of ketones is 2. The summed E-state index contributed by atoms with van der Waals surface area (Å²) in [5.41, 5.74) is 0.654. The molecule has 0 saturated carbocycles. The highest BCUT2D eigenvalue weighted by Crippen LogP contribution is 2.51. The Morgan fingerprint density at radius 1 is 1.44 bits per heavy atom. The van der Waals surface area contributed by atoms with E-state index in [-0.39, 0.29) is 29.2 Å². The molecule has 0 radical (unpaired) electrons. The van der Waals surface area contributed by atoms with Gasteiger partial charge in [-0.05, 0) is 25.7 Å². The quantitative estimate of drug-likeness (QED) is 0.706. The first kappa shape index (κ1) is 13.1. The van der Waals surface area contributed by atoms with E-state index < -0.39 is 5.41 Å². The zero-order chi connectivity index (χ0) is 13.5. The summed E-state index contributed by atoms with van der Waals surface area (Å²) in [4.78, 5) is 24.9. The van der Waals surface area contributed by atoms with Crippen LogP contribution in [0.25, 0.3) is 0 Å². The van der Waals surface area contributed by atoms with E-state index >= 15 is 0 Å². The number of carbonyl (C=O) groups excluding carboxylic acids is 2. The van der Waals surface area contributed by atoms with Gasteiger partial charge in [0.05, 0.1) is 7.11 Å². The molecular formula is C15H20O3. The maximum absolute atomic E-state index is 12.5. The molecule has 3 heteroatoms. The summed E-state index contributed by atoms with van der Waals surface area (Å²) in [6.07, 6.45) is 4.84. The Hall–Kier alpha value is -1.38. The fourth-order valence-electron chi connectivity index (χ4n) is 3.51. The fraction of sp³-hybridized carbons (Fsp3) is 0.600. The Labute approximate surface area is 108 Å². The fourth-order valence-corrected chi connectivity index (χ4v) is 3.51. The lowest BCUT2D eigenvalue weighted by Gasteiger charge is -2.47. The predicted octanol–water partition coefficient (Wildman–Crippen LogP) is 2.67. The Morgan fingerprint density at radius 2 is 2.11 bits per heavy atom. The predicted molar refractivity (Wildman–Crippen MR) is 68.9 cm³/mol. The Balaban J connectivity index is 2.58.